The van der Waals surface area contributed by atoms with Crippen LogP contribution in [0.4, 0.5) is 0 Å². The molecule has 0 aliphatic heterocycles. The highest BCUT2D eigenvalue weighted by Gasteiger charge is 2.22. The Kier molecular flexibility index (Phi) is 16.5. The summed E-state index contributed by atoms with van der Waals surface area (Å²) in [5.74, 6) is 0. The van der Waals surface area contributed by atoms with Gasteiger partial charge in [0.1, 0.15) is 33.5 Å². The number of para-hydroxylation sites is 3. The van der Waals surface area contributed by atoms with Crippen LogP contribution in [0.3, 0.4) is 0 Å². The van der Waals surface area contributed by atoms with Crippen LogP contribution >= 0.6 is 0 Å². The highest BCUT2D eigenvalue weighted by Crippen LogP contribution is 2.41. The fourth-order valence-corrected chi connectivity index (χ4v) is 17.5. The van der Waals surface area contributed by atoms with Gasteiger partial charge in [-0.05, 0) is 131 Å². The lowest BCUT2D eigenvalue weighted by Gasteiger charge is -2.10. The number of nitrogens with zero attached hydrogens (tertiary/aromatic N) is 15. The Morgan fingerprint density at radius 1 is 0.171 bits per heavy atom. The predicted molar refractivity (Wildman–Crippen MR) is 499 cm³/mol. The Balaban J connectivity index is 0.000000104. The second-order valence-electron chi connectivity index (χ2n) is 30.8. The summed E-state index contributed by atoms with van der Waals surface area (Å²) in [7, 11) is 0. The van der Waals surface area contributed by atoms with Crippen molar-refractivity contribution in [2.24, 2.45) is 0 Å². The fourth-order valence-electron chi connectivity index (χ4n) is 17.5. The van der Waals surface area contributed by atoms with Gasteiger partial charge in [-0.15, -0.1) is 0 Å². The van der Waals surface area contributed by atoms with Gasteiger partial charge in [0.15, 0.2) is 0 Å². The smallest absolute Gasteiger partial charge is 0.137 e. The highest BCUT2D eigenvalue weighted by molar-refractivity contribution is 6.13. The van der Waals surface area contributed by atoms with E-state index in [0.29, 0.717) is 0 Å². The van der Waals surface area contributed by atoms with Crippen LogP contribution in [0.25, 0.3) is 238 Å². The van der Waals surface area contributed by atoms with Gasteiger partial charge >= 0.3 is 0 Å². The van der Waals surface area contributed by atoms with Gasteiger partial charge in [0, 0.05) is 119 Å². The van der Waals surface area contributed by atoms with E-state index in [2.05, 4.69) is 295 Å². The monoisotopic (exact) mass is 1570 g/mol. The summed E-state index contributed by atoms with van der Waals surface area (Å²) >= 11 is 0. The van der Waals surface area contributed by atoms with Crippen LogP contribution in [0.1, 0.15) is 0 Å². The molecule has 0 spiro atoms. The van der Waals surface area contributed by atoms with Gasteiger partial charge in [0.05, 0.1) is 100 Å². The average molecular weight is 1570 g/mol. The fraction of sp³-hybridized carbons (Fsp3) is 0. The Hall–Kier alpha value is -17.0. The summed E-state index contributed by atoms with van der Waals surface area (Å²) in [5, 5.41) is 9.70. The molecular formula is C108H65N15. The van der Waals surface area contributed by atoms with Crippen LogP contribution in [0.15, 0.2) is 395 Å². The van der Waals surface area contributed by atoms with Crippen LogP contribution in [0.5, 0.6) is 0 Å². The largest absolute Gasteiger partial charge is 0.298 e. The van der Waals surface area contributed by atoms with E-state index in [-0.39, 0.29) is 0 Å². The molecule has 15 heteroatoms. The Morgan fingerprint density at radius 2 is 0.463 bits per heavy atom. The summed E-state index contributed by atoms with van der Waals surface area (Å²) in [6.45, 7) is 0. The van der Waals surface area contributed by atoms with E-state index in [1.165, 1.54) is 0 Å². The number of hydrogen-bond donors (Lipinski definition) is 0. The normalized spacial score (nSPS) is 11.7. The zero-order valence-corrected chi connectivity index (χ0v) is 65.7. The van der Waals surface area contributed by atoms with Crippen molar-refractivity contribution in [1.82, 2.24) is 73.0 Å². The van der Waals surface area contributed by atoms with Gasteiger partial charge in [-0.1, -0.05) is 249 Å². The van der Waals surface area contributed by atoms with Crippen molar-refractivity contribution in [2.45, 2.75) is 0 Å². The van der Waals surface area contributed by atoms with Crippen LogP contribution < -0.4 is 0 Å². The molecule has 0 unspecified atom stereocenters. The van der Waals surface area contributed by atoms with Gasteiger partial charge in [0.2, 0.25) is 0 Å². The molecule has 0 aliphatic rings. The summed E-state index contributed by atoms with van der Waals surface area (Å²) in [4.78, 5) is 59.3. The molecule has 0 saturated heterocycles. The van der Waals surface area contributed by atoms with E-state index in [9.17, 15) is 0 Å². The predicted octanol–water partition coefficient (Wildman–Crippen LogP) is 25.7. The topological polar surface area (TPSA) is 168 Å². The summed E-state index contributed by atoms with van der Waals surface area (Å²) < 4.78 is 6.40. The number of rotatable bonds is 8. The number of imidazole rings is 3. The quantitative estimate of drug-likeness (QED) is 0.132. The van der Waals surface area contributed by atoms with Crippen LogP contribution in [-0.4, -0.2) is 73.0 Å². The lowest BCUT2D eigenvalue weighted by atomic mass is 9.98. The third kappa shape index (κ3) is 12.2. The number of fused-ring (bicyclic) bond motifs is 24. The summed E-state index contributed by atoms with van der Waals surface area (Å²) in [6.07, 6.45) is 11.7. The molecule has 0 amide bonds. The maximum absolute atomic E-state index is 5.16. The van der Waals surface area contributed by atoms with Gasteiger partial charge in [-0.25, -0.2) is 44.9 Å². The van der Waals surface area contributed by atoms with E-state index in [1.807, 2.05) is 128 Å². The Labute approximate surface area is 701 Å². The first-order valence-corrected chi connectivity index (χ1v) is 40.9. The van der Waals surface area contributed by atoms with Crippen LogP contribution in [0.2, 0.25) is 0 Å². The zero-order chi connectivity index (χ0) is 81.0. The minimum atomic E-state index is 0.905. The highest BCUT2D eigenvalue weighted by atomic mass is 15.0. The second-order valence-corrected chi connectivity index (χ2v) is 30.8. The van der Waals surface area contributed by atoms with Crippen molar-refractivity contribution >= 4 is 148 Å². The van der Waals surface area contributed by atoms with Crippen LogP contribution in [-0.2, 0) is 0 Å². The number of aromatic nitrogens is 15. The van der Waals surface area contributed by atoms with E-state index in [1.54, 1.807) is 0 Å². The van der Waals surface area contributed by atoms with E-state index >= 15 is 0 Å². The first-order valence-electron chi connectivity index (χ1n) is 40.9. The first-order chi connectivity index (χ1) is 60.9. The van der Waals surface area contributed by atoms with Crippen molar-refractivity contribution in [3.8, 4) is 89.8 Å². The number of pyridine rings is 12. The molecule has 0 saturated carbocycles. The van der Waals surface area contributed by atoms with Crippen LogP contribution in [0, 0.1) is 0 Å². The maximum Gasteiger partial charge on any atom is 0.137 e. The molecule has 0 radical (unpaired) electrons. The minimum absolute atomic E-state index is 0.905. The van der Waals surface area contributed by atoms with Gasteiger partial charge in [-0.2, -0.15) is 0 Å². The molecule has 0 N–H and O–H groups in total. The zero-order valence-electron chi connectivity index (χ0n) is 65.7. The molecule has 15 nitrogen and oxygen atoms in total. The van der Waals surface area contributed by atoms with Crippen molar-refractivity contribution in [3.63, 3.8) is 0 Å². The van der Waals surface area contributed by atoms with E-state index < -0.39 is 0 Å². The lowest BCUT2D eigenvalue weighted by Crippen LogP contribution is -1.93. The second kappa shape index (κ2) is 28.9. The molecule has 123 heavy (non-hydrogen) atoms. The van der Waals surface area contributed by atoms with Gasteiger partial charge < -0.3 is 0 Å². The molecule has 15 heterocycles. The SMILES string of the molecule is c1cc(-c2ccc(-c3ccc4ccc5cccnc5c4n3)cc2)cc(-c2nc3ccccc3c3nc4ccccn4c23)c1.c1cc(-c2ccc(-c3nc4ccccc4c4nc5ccccn5c34)cc2)cc(-c2ccc3ccc4cccnc4c3n2)c1.c1cc(-c2ccc3ccc4cccnc4c3n2)cc(-c2nc3ccccc3c3nc4ccccn4c23)c1. The molecule has 572 valence electrons. The summed E-state index contributed by atoms with van der Waals surface area (Å²) in [6, 6.07) is 123. The van der Waals surface area contributed by atoms with Crippen molar-refractivity contribution in [2.75, 3.05) is 0 Å². The van der Waals surface area contributed by atoms with Gasteiger partial charge in [0.25, 0.3) is 0 Å². The Bertz CT molecular complexity index is 8800. The van der Waals surface area contributed by atoms with Crippen molar-refractivity contribution in [3.05, 3.63) is 395 Å². The van der Waals surface area contributed by atoms with Crippen molar-refractivity contribution in [1.29, 1.82) is 0 Å². The molecule has 26 aromatic rings. The molecular weight excluding hydrogens is 1510 g/mol. The Morgan fingerprint density at radius 3 is 0.854 bits per heavy atom. The number of hydrogen-bond acceptors (Lipinski definition) is 12. The average Bonchev–Trinajstić information content (AvgIpc) is 1.61. The lowest BCUT2D eigenvalue weighted by molar-refractivity contribution is 1.22. The summed E-state index contributed by atoms with van der Waals surface area (Å²) in [5.41, 5.74) is 33.4. The molecule has 15 aromatic heterocycles. The molecule has 0 fully saturated rings. The first kappa shape index (κ1) is 70.2. The molecule has 0 atom stereocenters. The minimum Gasteiger partial charge on any atom is -0.298 e. The molecule has 11 aromatic carbocycles. The molecule has 0 bridgehead atoms. The van der Waals surface area contributed by atoms with Crippen molar-refractivity contribution < 1.29 is 0 Å². The standard InChI is InChI=1S/2C38H23N5.C32H19N5/c1-2-11-32-30(10-1)37-38(43-22-4-3-12-33(43)42-37)36(41-32)29-8-5-7-28(23-29)24-13-15-25(16-14-24)31-20-19-27-18-17-26-9-6-21-39-34(26)35(27)40-31;1-2-11-32-30(10-1)37-38(43-22-4-3-12-33(43)42-37)36(41-32)27-15-13-24(14-16-27)28-7-5-8-29(23-28)31-20-19-26-18-17-25-9-6-21-39-34(25)35(26)40-31;1-2-11-26-24(10-1)31-32(37-18-4-3-12-27(37)36-31)30(35-26)23-8-5-7-22(19-23)25-16-15-21-14-13-20-9-6-17-33-28(20)29(21)34-25/h2*1-23H;1-19H. The maximum atomic E-state index is 5.16. The van der Waals surface area contributed by atoms with E-state index in [4.69, 9.17) is 44.9 Å². The third-order valence-corrected chi connectivity index (χ3v) is 23.5. The third-order valence-electron chi connectivity index (χ3n) is 23.5. The van der Waals surface area contributed by atoms with E-state index in [0.717, 1.165) is 238 Å². The number of benzene rings is 11. The molecule has 0 aliphatic carbocycles. The molecule has 26 rings (SSSR count). The van der Waals surface area contributed by atoms with Gasteiger partial charge in [-0.3, -0.25) is 28.2 Å².